The molecule has 0 radical (unpaired) electrons. The SMILES string of the molecule is Cc1cccc(CC(=O)N2CCN(C[C@@H]3CCOC3)CC2)c1. The largest absolute Gasteiger partial charge is 0.381 e. The molecule has 22 heavy (non-hydrogen) atoms. The van der Waals surface area contributed by atoms with Crippen molar-refractivity contribution in [2.45, 2.75) is 19.8 Å². The molecule has 0 spiro atoms. The lowest BCUT2D eigenvalue weighted by molar-refractivity contribution is -0.132. The molecule has 2 aliphatic rings. The van der Waals surface area contributed by atoms with Crippen molar-refractivity contribution in [3.8, 4) is 0 Å². The van der Waals surface area contributed by atoms with E-state index in [1.807, 2.05) is 17.0 Å². The summed E-state index contributed by atoms with van der Waals surface area (Å²) in [4.78, 5) is 16.9. The van der Waals surface area contributed by atoms with Gasteiger partial charge in [-0.05, 0) is 24.8 Å². The normalized spacial score (nSPS) is 23.0. The van der Waals surface area contributed by atoms with Gasteiger partial charge >= 0.3 is 0 Å². The van der Waals surface area contributed by atoms with Gasteiger partial charge in [0.1, 0.15) is 0 Å². The minimum Gasteiger partial charge on any atom is -0.381 e. The van der Waals surface area contributed by atoms with E-state index >= 15 is 0 Å². The van der Waals surface area contributed by atoms with Crippen LogP contribution in [0, 0.1) is 12.8 Å². The zero-order chi connectivity index (χ0) is 15.4. The third kappa shape index (κ3) is 4.08. The Bertz CT molecular complexity index is 504. The molecule has 0 aliphatic carbocycles. The first kappa shape index (κ1) is 15.5. The van der Waals surface area contributed by atoms with Gasteiger partial charge in [0.15, 0.2) is 0 Å². The van der Waals surface area contributed by atoms with E-state index in [1.54, 1.807) is 0 Å². The van der Waals surface area contributed by atoms with Gasteiger partial charge in [0.25, 0.3) is 0 Å². The molecule has 1 amide bonds. The summed E-state index contributed by atoms with van der Waals surface area (Å²) in [5, 5.41) is 0. The molecule has 0 unspecified atom stereocenters. The van der Waals surface area contributed by atoms with E-state index in [2.05, 4.69) is 24.0 Å². The number of carbonyl (C=O) groups is 1. The number of aryl methyl sites for hydroxylation is 1. The lowest BCUT2D eigenvalue weighted by Crippen LogP contribution is -2.50. The van der Waals surface area contributed by atoms with Crippen LogP contribution in [-0.4, -0.2) is 61.6 Å². The van der Waals surface area contributed by atoms with Crippen molar-refractivity contribution in [2.75, 3.05) is 45.9 Å². The molecule has 0 aromatic heterocycles. The number of ether oxygens (including phenoxy) is 1. The molecule has 2 fully saturated rings. The number of hydrogen-bond acceptors (Lipinski definition) is 3. The third-order valence-corrected chi connectivity index (χ3v) is 4.70. The average Bonchev–Trinajstić information content (AvgIpc) is 3.01. The van der Waals surface area contributed by atoms with E-state index in [1.165, 1.54) is 12.0 Å². The molecule has 2 heterocycles. The molecule has 3 rings (SSSR count). The van der Waals surface area contributed by atoms with Crippen LogP contribution in [0.15, 0.2) is 24.3 Å². The van der Waals surface area contributed by atoms with Crippen molar-refractivity contribution >= 4 is 5.91 Å². The van der Waals surface area contributed by atoms with Gasteiger partial charge in [-0.2, -0.15) is 0 Å². The second-order valence-electron chi connectivity index (χ2n) is 6.58. The van der Waals surface area contributed by atoms with Crippen LogP contribution in [-0.2, 0) is 16.0 Å². The van der Waals surface area contributed by atoms with Crippen LogP contribution >= 0.6 is 0 Å². The Kier molecular flexibility index (Phi) is 5.11. The van der Waals surface area contributed by atoms with Gasteiger partial charge in [-0.15, -0.1) is 0 Å². The quantitative estimate of drug-likeness (QED) is 0.849. The summed E-state index contributed by atoms with van der Waals surface area (Å²) in [5.41, 5.74) is 2.34. The molecule has 4 heteroatoms. The summed E-state index contributed by atoms with van der Waals surface area (Å²) in [6, 6.07) is 8.24. The maximum atomic E-state index is 12.4. The molecule has 4 nitrogen and oxygen atoms in total. The molecule has 0 bridgehead atoms. The topological polar surface area (TPSA) is 32.8 Å². The smallest absolute Gasteiger partial charge is 0.227 e. The fourth-order valence-corrected chi connectivity index (χ4v) is 3.38. The predicted octanol–water partition coefficient (Wildman–Crippen LogP) is 1.72. The predicted molar refractivity (Wildman–Crippen MR) is 86.8 cm³/mol. The lowest BCUT2D eigenvalue weighted by Gasteiger charge is -2.35. The first-order valence-electron chi connectivity index (χ1n) is 8.34. The maximum Gasteiger partial charge on any atom is 0.227 e. The molecule has 1 aromatic carbocycles. The zero-order valence-corrected chi connectivity index (χ0v) is 13.5. The van der Waals surface area contributed by atoms with E-state index < -0.39 is 0 Å². The number of benzene rings is 1. The summed E-state index contributed by atoms with van der Waals surface area (Å²) in [6.07, 6.45) is 1.71. The summed E-state index contributed by atoms with van der Waals surface area (Å²) in [5.74, 6) is 0.948. The van der Waals surface area contributed by atoms with Crippen molar-refractivity contribution < 1.29 is 9.53 Å². The number of piperazine rings is 1. The third-order valence-electron chi connectivity index (χ3n) is 4.70. The molecule has 2 aliphatic heterocycles. The summed E-state index contributed by atoms with van der Waals surface area (Å²) in [6.45, 7) is 8.73. The average molecular weight is 302 g/mol. The highest BCUT2D eigenvalue weighted by molar-refractivity contribution is 5.78. The molecular formula is C18H26N2O2. The highest BCUT2D eigenvalue weighted by atomic mass is 16.5. The van der Waals surface area contributed by atoms with Gasteiger partial charge < -0.3 is 9.64 Å². The van der Waals surface area contributed by atoms with Gasteiger partial charge in [-0.25, -0.2) is 0 Å². The first-order valence-corrected chi connectivity index (χ1v) is 8.34. The Hall–Kier alpha value is -1.39. The second kappa shape index (κ2) is 7.25. The molecule has 1 aromatic rings. The number of amides is 1. The lowest BCUT2D eigenvalue weighted by atomic mass is 10.1. The van der Waals surface area contributed by atoms with Crippen LogP contribution < -0.4 is 0 Å². The highest BCUT2D eigenvalue weighted by Crippen LogP contribution is 2.15. The van der Waals surface area contributed by atoms with Gasteiger partial charge in [0, 0.05) is 39.3 Å². The summed E-state index contributed by atoms with van der Waals surface area (Å²) < 4.78 is 5.44. The van der Waals surface area contributed by atoms with Crippen LogP contribution in [0.1, 0.15) is 17.5 Å². The van der Waals surface area contributed by atoms with Crippen LogP contribution in [0.3, 0.4) is 0 Å². The number of rotatable bonds is 4. The number of hydrogen-bond donors (Lipinski definition) is 0. The van der Waals surface area contributed by atoms with Crippen molar-refractivity contribution in [3.63, 3.8) is 0 Å². The summed E-state index contributed by atoms with van der Waals surface area (Å²) >= 11 is 0. The molecule has 2 saturated heterocycles. The molecule has 0 N–H and O–H groups in total. The van der Waals surface area contributed by atoms with Crippen LogP contribution in [0.4, 0.5) is 0 Å². The van der Waals surface area contributed by atoms with Crippen LogP contribution in [0.2, 0.25) is 0 Å². The monoisotopic (exact) mass is 302 g/mol. The molecular weight excluding hydrogens is 276 g/mol. The van der Waals surface area contributed by atoms with Gasteiger partial charge in [0.2, 0.25) is 5.91 Å². The first-order chi connectivity index (χ1) is 10.7. The van der Waals surface area contributed by atoms with Gasteiger partial charge in [-0.1, -0.05) is 29.8 Å². The fourth-order valence-electron chi connectivity index (χ4n) is 3.38. The number of nitrogens with zero attached hydrogens (tertiary/aromatic N) is 2. The highest BCUT2D eigenvalue weighted by Gasteiger charge is 2.24. The minimum atomic E-state index is 0.259. The van der Waals surface area contributed by atoms with Crippen molar-refractivity contribution in [1.82, 2.24) is 9.80 Å². The van der Waals surface area contributed by atoms with Crippen molar-refractivity contribution in [3.05, 3.63) is 35.4 Å². The second-order valence-corrected chi connectivity index (χ2v) is 6.58. The molecule has 0 saturated carbocycles. The van der Waals surface area contributed by atoms with E-state index in [0.29, 0.717) is 12.3 Å². The van der Waals surface area contributed by atoms with Crippen LogP contribution in [0.25, 0.3) is 0 Å². The van der Waals surface area contributed by atoms with E-state index in [4.69, 9.17) is 4.74 Å². The molecule has 120 valence electrons. The van der Waals surface area contributed by atoms with E-state index in [-0.39, 0.29) is 5.91 Å². The maximum absolute atomic E-state index is 12.4. The van der Waals surface area contributed by atoms with E-state index in [9.17, 15) is 4.79 Å². The van der Waals surface area contributed by atoms with Crippen molar-refractivity contribution in [1.29, 1.82) is 0 Å². The van der Waals surface area contributed by atoms with E-state index in [0.717, 1.165) is 51.5 Å². The summed E-state index contributed by atoms with van der Waals surface area (Å²) in [7, 11) is 0. The Morgan fingerprint density at radius 2 is 2.09 bits per heavy atom. The Morgan fingerprint density at radius 3 is 2.77 bits per heavy atom. The standard InChI is InChI=1S/C18H26N2O2/c1-15-3-2-4-16(11-15)12-18(21)20-8-6-19(7-9-20)13-17-5-10-22-14-17/h2-4,11,17H,5-10,12-14H2,1H3/t17-/m0/s1. The Labute approximate surface area is 133 Å². The minimum absolute atomic E-state index is 0.259. The Balaban J connectivity index is 1.45. The fraction of sp³-hybridized carbons (Fsp3) is 0.611. The van der Waals surface area contributed by atoms with Crippen molar-refractivity contribution in [2.24, 2.45) is 5.92 Å². The molecule has 1 atom stereocenters. The van der Waals surface area contributed by atoms with Gasteiger partial charge in [-0.3, -0.25) is 9.69 Å². The van der Waals surface area contributed by atoms with Crippen LogP contribution in [0.5, 0.6) is 0 Å². The van der Waals surface area contributed by atoms with Gasteiger partial charge in [0.05, 0.1) is 13.0 Å². The Morgan fingerprint density at radius 1 is 1.27 bits per heavy atom. The zero-order valence-electron chi connectivity index (χ0n) is 13.5. The number of carbonyl (C=O) groups excluding carboxylic acids is 1.